The molecule has 4 heteroatoms. The van der Waals surface area contributed by atoms with Crippen molar-refractivity contribution in [2.24, 2.45) is 0 Å². The third-order valence-corrected chi connectivity index (χ3v) is 3.14. The average molecular weight is 370 g/mol. The lowest BCUT2D eigenvalue weighted by atomic mass is 10.2. The molecule has 1 aromatic carbocycles. The summed E-state index contributed by atoms with van der Waals surface area (Å²) in [6, 6.07) is 6.15. The number of nitrogens with one attached hydrogen (secondary N) is 1. The first-order valence-electron chi connectivity index (χ1n) is 4.46. The molecule has 0 heterocycles. The van der Waals surface area contributed by atoms with Crippen LogP contribution in [-0.2, 0) is 0 Å². The molecular weight excluding hydrogens is 357 g/mol. The Hall–Kier alpha value is 0.190. The zero-order valence-corrected chi connectivity index (χ0v) is 11.7. The van der Waals surface area contributed by atoms with Crippen LogP contribution in [0, 0.1) is 3.57 Å². The summed E-state index contributed by atoms with van der Waals surface area (Å²) in [5, 5.41) is 12.4. The summed E-state index contributed by atoms with van der Waals surface area (Å²) in [4.78, 5) is 0. The summed E-state index contributed by atoms with van der Waals surface area (Å²) >= 11 is 5.76. The first-order chi connectivity index (χ1) is 6.59. The smallest absolute Gasteiger partial charge is 0.0528 e. The predicted molar refractivity (Wildman–Crippen MR) is 71.6 cm³/mol. The monoisotopic (exact) mass is 369 g/mol. The molecule has 0 saturated heterocycles. The minimum absolute atomic E-state index is 0.245. The van der Waals surface area contributed by atoms with E-state index in [1.165, 1.54) is 3.57 Å². The Bertz CT molecular complexity index is 304. The van der Waals surface area contributed by atoms with E-state index in [0.717, 1.165) is 23.1 Å². The molecule has 0 radical (unpaired) electrons. The Morgan fingerprint density at radius 3 is 2.86 bits per heavy atom. The lowest BCUT2D eigenvalue weighted by Gasteiger charge is -2.09. The summed E-state index contributed by atoms with van der Waals surface area (Å²) in [5.41, 5.74) is 1.08. The topological polar surface area (TPSA) is 32.3 Å². The Morgan fingerprint density at radius 1 is 1.57 bits per heavy atom. The molecule has 0 amide bonds. The Balaban J connectivity index is 2.51. The van der Waals surface area contributed by atoms with Crippen LogP contribution in [0.15, 0.2) is 22.7 Å². The number of benzene rings is 1. The van der Waals surface area contributed by atoms with Crippen molar-refractivity contribution >= 4 is 44.2 Å². The summed E-state index contributed by atoms with van der Waals surface area (Å²) in [6.45, 7) is 2.58. The van der Waals surface area contributed by atoms with Gasteiger partial charge in [0, 0.05) is 20.3 Å². The molecule has 0 aromatic heterocycles. The molecule has 1 aromatic rings. The Morgan fingerprint density at radius 2 is 2.29 bits per heavy atom. The van der Waals surface area contributed by atoms with Gasteiger partial charge >= 0.3 is 0 Å². The van der Waals surface area contributed by atoms with Crippen molar-refractivity contribution in [3.8, 4) is 0 Å². The van der Waals surface area contributed by atoms with Crippen molar-refractivity contribution in [2.75, 3.05) is 11.9 Å². The second kappa shape index (κ2) is 5.92. The zero-order valence-electron chi connectivity index (χ0n) is 7.93. The van der Waals surface area contributed by atoms with Gasteiger partial charge in [-0.2, -0.15) is 0 Å². The standard InChI is InChI=1S/C10H13BrINO/c1-7(14)4-5-13-10-3-2-8(12)6-9(10)11/h2-3,6-7,13-14H,4-5H2,1H3. The Kier molecular flexibility index (Phi) is 5.19. The maximum atomic E-state index is 9.09. The van der Waals surface area contributed by atoms with Gasteiger partial charge in [-0.3, -0.25) is 0 Å². The highest BCUT2D eigenvalue weighted by Gasteiger charge is 2.00. The van der Waals surface area contributed by atoms with E-state index in [4.69, 9.17) is 5.11 Å². The molecule has 0 saturated carbocycles. The van der Waals surface area contributed by atoms with E-state index in [1.54, 1.807) is 6.92 Å². The molecule has 0 aliphatic heterocycles. The number of hydrogen-bond acceptors (Lipinski definition) is 2. The first kappa shape index (κ1) is 12.3. The number of aliphatic hydroxyl groups excluding tert-OH is 1. The summed E-state index contributed by atoms with van der Waals surface area (Å²) in [5.74, 6) is 0. The summed E-state index contributed by atoms with van der Waals surface area (Å²) < 4.78 is 2.27. The number of halogens is 2. The van der Waals surface area contributed by atoms with Gasteiger partial charge in [0.15, 0.2) is 0 Å². The molecule has 0 aliphatic carbocycles. The van der Waals surface area contributed by atoms with Gasteiger partial charge in [-0.05, 0) is 70.1 Å². The van der Waals surface area contributed by atoms with Crippen LogP contribution in [0.1, 0.15) is 13.3 Å². The molecule has 1 rings (SSSR count). The van der Waals surface area contributed by atoms with Crippen LogP contribution in [-0.4, -0.2) is 17.8 Å². The van der Waals surface area contributed by atoms with E-state index in [9.17, 15) is 0 Å². The number of anilines is 1. The molecule has 0 aliphatic rings. The SMILES string of the molecule is CC(O)CCNc1ccc(I)cc1Br. The van der Waals surface area contributed by atoms with Crippen LogP contribution in [0.25, 0.3) is 0 Å². The largest absolute Gasteiger partial charge is 0.393 e. The lowest BCUT2D eigenvalue weighted by Crippen LogP contribution is -2.09. The van der Waals surface area contributed by atoms with Gasteiger partial charge in [0.05, 0.1) is 6.10 Å². The fourth-order valence-corrected chi connectivity index (χ4v) is 2.49. The molecule has 2 nitrogen and oxygen atoms in total. The van der Waals surface area contributed by atoms with Crippen molar-refractivity contribution in [3.05, 3.63) is 26.2 Å². The third-order valence-electron chi connectivity index (χ3n) is 1.81. The summed E-state index contributed by atoms with van der Waals surface area (Å²) in [7, 11) is 0. The van der Waals surface area contributed by atoms with Crippen molar-refractivity contribution in [1.29, 1.82) is 0 Å². The van der Waals surface area contributed by atoms with Crippen molar-refractivity contribution in [1.82, 2.24) is 0 Å². The number of rotatable bonds is 4. The van der Waals surface area contributed by atoms with Crippen LogP contribution in [0.2, 0.25) is 0 Å². The highest BCUT2D eigenvalue weighted by atomic mass is 127. The quantitative estimate of drug-likeness (QED) is 0.798. The molecule has 0 spiro atoms. The van der Waals surface area contributed by atoms with Gasteiger partial charge in [-0.25, -0.2) is 0 Å². The lowest BCUT2D eigenvalue weighted by molar-refractivity contribution is 0.189. The van der Waals surface area contributed by atoms with Crippen molar-refractivity contribution in [3.63, 3.8) is 0 Å². The molecule has 14 heavy (non-hydrogen) atoms. The predicted octanol–water partition coefficient (Wildman–Crippen LogP) is 3.24. The van der Waals surface area contributed by atoms with E-state index in [0.29, 0.717) is 0 Å². The molecule has 0 bridgehead atoms. The first-order valence-corrected chi connectivity index (χ1v) is 6.34. The van der Waals surface area contributed by atoms with Gasteiger partial charge in [0.1, 0.15) is 0 Å². The fraction of sp³-hybridized carbons (Fsp3) is 0.400. The molecule has 1 atom stereocenters. The minimum atomic E-state index is -0.245. The molecule has 2 N–H and O–H groups in total. The Labute approximate surface area is 106 Å². The van der Waals surface area contributed by atoms with E-state index < -0.39 is 0 Å². The average Bonchev–Trinajstić information content (AvgIpc) is 2.08. The van der Waals surface area contributed by atoms with Crippen LogP contribution in [0.5, 0.6) is 0 Å². The molecular formula is C10H13BrINO. The molecule has 0 fully saturated rings. The van der Waals surface area contributed by atoms with Crippen molar-refractivity contribution < 1.29 is 5.11 Å². The number of hydrogen-bond donors (Lipinski definition) is 2. The van der Waals surface area contributed by atoms with Crippen LogP contribution >= 0.6 is 38.5 Å². The van der Waals surface area contributed by atoms with E-state index >= 15 is 0 Å². The van der Waals surface area contributed by atoms with Crippen LogP contribution in [0.4, 0.5) is 5.69 Å². The maximum absolute atomic E-state index is 9.09. The maximum Gasteiger partial charge on any atom is 0.0528 e. The number of aliphatic hydroxyl groups is 1. The molecule has 78 valence electrons. The van der Waals surface area contributed by atoms with Crippen LogP contribution < -0.4 is 5.32 Å². The normalized spacial score (nSPS) is 12.6. The van der Waals surface area contributed by atoms with E-state index in [1.807, 2.05) is 6.07 Å². The molecule has 1 unspecified atom stereocenters. The van der Waals surface area contributed by atoms with E-state index in [2.05, 4.69) is 56.0 Å². The highest BCUT2D eigenvalue weighted by molar-refractivity contribution is 14.1. The second-order valence-corrected chi connectivity index (χ2v) is 5.29. The van der Waals surface area contributed by atoms with Gasteiger partial charge in [-0.15, -0.1) is 0 Å². The van der Waals surface area contributed by atoms with Gasteiger partial charge in [-0.1, -0.05) is 0 Å². The van der Waals surface area contributed by atoms with E-state index in [-0.39, 0.29) is 6.10 Å². The highest BCUT2D eigenvalue weighted by Crippen LogP contribution is 2.24. The van der Waals surface area contributed by atoms with Crippen molar-refractivity contribution in [2.45, 2.75) is 19.4 Å². The van der Waals surface area contributed by atoms with Gasteiger partial charge in [0.25, 0.3) is 0 Å². The van der Waals surface area contributed by atoms with Gasteiger partial charge in [0.2, 0.25) is 0 Å². The minimum Gasteiger partial charge on any atom is -0.393 e. The fourth-order valence-electron chi connectivity index (χ4n) is 1.05. The third kappa shape index (κ3) is 4.14. The van der Waals surface area contributed by atoms with Crippen LogP contribution in [0.3, 0.4) is 0 Å². The summed E-state index contributed by atoms with van der Waals surface area (Å²) in [6.07, 6.45) is 0.517. The zero-order chi connectivity index (χ0) is 10.6. The second-order valence-electron chi connectivity index (χ2n) is 3.19. The van der Waals surface area contributed by atoms with Gasteiger partial charge < -0.3 is 10.4 Å².